The van der Waals surface area contributed by atoms with E-state index in [4.69, 9.17) is 4.98 Å². The Labute approximate surface area is 115 Å². The summed E-state index contributed by atoms with van der Waals surface area (Å²) in [5.41, 5.74) is 0. The Morgan fingerprint density at radius 3 is 2.47 bits per heavy atom. The molecule has 4 nitrogen and oxygen atoms in total. The van der Waals surface area contributed by atoms with Gasteiger partial charge in [-0.3, -0.25) is 0 Å². The van der Waals surface area contributed by atoms with Gasteiger partial charge in [0.1, 0.15) is 5.82 Å². The molecule has 104 valence electrons. The lowest BCUT2D eigenvalue weighted by Crippen LogP contribution is -2.35. The predicted molar refractivity (Wildman–Crippen MR) is 78.7 cm³/mol. The largest absolute Gasteiger partial charge is 0.356 e. The molecule has 0 saturated carbocycles. The molecule has 2 fully saturated rings. The summed E-state index contributed by atoms with van der Waals surface area (Å²) in [6.07, 6.45) is 8.38. The zero-order valence-corrected chi connectivity index (χ0v) is 11.9. The first-order valence-corrected chi connectivity index (χ1v) is 7.66. The van der Waals surface area contributed by atoms with E-state index in [0.29, 0.717) is 0 Å². The van der Waals surface area contributed by atoms with Gasteiger partial charge in [0, 0.05) is 32.4 Å². The number of anilines is 2. The number of rotatable bonds is 2. The highest BCUT2D eigenvalue weighted by atomic mass is 15.3. The van der Waals surface area contributed by atoms with Crippen molar-refractivity contribution in [2.24, 2.45) is 5.92 Å². The van der Waals surface area contributed by atoms with Crippen LogP contribution in [0.3, 0.4) is 0 Å². The quantitative estimate of drug-likeness (QED) is 0.818. The molecule has 0 unspecified atom stereocenters. The minimum Gasteiger partial charge on any atom is -0.356 e. The van der Waals surface area contributed by atoms with E-state index in [2.05, 4.69) is 27.8 Å². The summed E-state index contributed by atoms with van der Waals surface area (Å²) in [5, 5.41) is 0. The van der Waals surface area contributed by atoms with Crippen LogP contribution in [-0.2, 0) is 0 Å². The molecule has 0 radical (unpaired) electrons. The lowest BCUT2D eigenvalue weighted by molar-refractivity contribution is 0.436. The van der Waals surface area contributed by atoms with Gasteiger partial charge in [-0.25, -0.2) is 4.98 Å². The molecule has 2 aliphatic rings. The number of aromatic nitrogens is 2. The first-order chi connectivity index (χ1) is 9.33. The van der Waals surface area contributed by atoms with Crippen LogP contribution in [0.15, 0.2) is 12.3 Å². The fourth-order valence-corrected chi connectivity index (χ4v) is 3.00. The van der Waals surface area contributed by atoms with Crippen molar-refractivity contribution in [3.8, 4) is 0 Å². The molecule has 1 aromatic heterocycles. The molecule has 0 amide bonds. The van der Waals surface area contributed by atoms with Gasteiger partial charge in [-0.1, -0.05) is 6.92 Å². The van der Waals surface area contributed by atoms with Crippen LogP contribution in [-0.4, -0.2) is 36.1 Å². The summed E-state index contributed by atoms with van der Waals surface area (Å²) in [6, 6.07) is 2.06. The second-order valence-electron chi connectivity index (χ2n) is 5.93. The molecular formula is C15H24N4. The van der Waals surface area contributed by atoms with Crippen LogP contribution in [0.4, 0.5) is 11.8 Å². The molecule has 0 N–H and O–H groups in total. The first kappa shape index (κ1) is 12.7. The standard InChI is InChI=1S/C15H24N4/c1-13-6-11-18(12-7-13)14-5-8-16-15(17-14)19-9-3-2-4-10-19/h5,8,13H,2-4,6-7,9-12H2,1H3. The maximum Gasteiger partial charge on any atom is 0.227 e. The lowest BCUT2D eigenvalue weighted by atomic mass is 9.99. The minimum absolute atomic E-state index is 0.861. The molecule has 2 saturated heterocycles. The Morgan fingerprint density at radius 1 is 1.00 bits per heavy atom. The molecule has 0 aliphatic carbocycles. The summed E-state index contributed by atoms with van der Waals surface area (Å²) in [5.74, 6) is 2.90. The maximum atomic E-state index is 4.79. The van der Waals surface area contributed by atoms with E-state index in [-0.39, 0.29) is 0 Å². The zero-order chi connectivity index (χ0) is 13.1. The molecule has 1 aromatic rings. The van der Waals surface area contributed by atoms with Gasteiger partial charge in [-0.05, 0) is 44.1 Å². The topological polar surface area (TPSA) is 32.3 Å². The van der Waals surface area contributed by atoms with Crippen LogP contribution in [0.1, 0.15) is 39.0 Å². The fourth-order valence-electron chi connectivity index (χ4n) is 3.00. The van der Waals surface area contributed by atoms with Crippen molar-refractivity contribution in [3.05, 3.63) is 12.3 Å². The Bertz CT molecular complexity index is 406. The van der Waals surface area contributed by atoms with Gasteiger partial charge in [-0.2, -0.15) is 4.98 Å². The number of hydrogen-bond acceptors (Lipinski definition) is 4. The molecule has 0 bridgehead atoms. The Hall–Kier alpha value is -1.32. The van der Waals surface area contributed by atoms with Crippen molar-refractivity contribution in [2.75, 3.05) is 36.0 Å². The van der Waals surface area contributed by atoms with Crippen LogP contribution in [0, 0.1) is 5.92 Å². The van der Waals surface area contributed by atoms with Crippen LogP contribution in [0.25, 0.3) is 0 Å². The number of hydrogen-bond donors (Lipinski definition) is 0. The van der Waals surface area contributed by atoms with E-state index >= 15 is 0 Å². The monoisotopic (exact) mass is 260 g/mol. The molecule has 4 heteroatoms. The second kappa shape index (κ2) is 5.76. The van der Waals surface area contributed by atoms with Gasteiger partial charge in [0.2, 0.25) is 5.95 Å². The lowest BCUT2D eigenvalue weighted by Gasteiger charge is -2.32. The molecular weight excluding hydrogens is 236 g/mol. The van der Waals surface area contributed by atoms with E-state index in [1.165, 1.54) is 32.1 Å². The van der Waals surface area contributed by atoms with E-state index in [1.807, 2.05) is 6.20 Å². The van der Waals surface area contributed by atoms with E-state index < -0.39 is 0 Å². The first-order valence-electron chi connectivity index (χ1n) is 7.66. The molecule has 2 aliphatic heterocycles. The number of nitrogens with zero attached hydrogens (tertiary/aromatic N) is 4. The highest BCUT2D eigenvalue weighted by molar-refractivity contribution is 5.44. The fraction of sp³-hybridized carbons (Fsp3) is 0.733. The van der Waals surface area contributed by atoms with Gasteiger partial charge in [0.25, 0.3) is 0 Å². The minimum atomic E-state index is 0.861. The average Bonchev–Trinajstić information content (AvgIpc) is 2.49. The van der Waals surface area contributed by atoms with Crippen LogP contribution < -0.4 is 9.80 Å². The van der Waals surface area contributed by atoms with Crippen molar-refractivity contribution in [2.45, 2.75) is 39.0 Å². The van der Waals surface area contributed by atoms with Gasteiger partial charge < -0.3 is 9.80 Å². The maximum absolute atomic E-state index is 4.79. The highest BCUT2D eigenvalue weighted by Crippen LogP contribution is 2.23. The Balaban J connectivity index is 1.72. The molecule has 3 rings (SSSR count). The van der Waals surface area contributed by atoms with Gasteiger partial charge in [-0.15, -0.1) is 0 Å². The third-order valence-corrected chi connectivity index (χ3v) is 4.37. The molecule has 0 atom stereocenters. The number of piperidine rings is 2. The van der Waals surface area contributed by atoms with E-state index in [1.54, 1.807) is 0 Å². The summed E-state index contributed by atoms with van der Waals surface area (Å²) < 4.78 is 0. The molecule has 0 spiro atoms. The zero-order valence-electron chi connectivity index (χ0n) is 11.9. The Kier molecular flexibility index (Phi) is 3.85. The van der Waals surface area contributed by atoms with Gasteiger partial charge >= 0.3 is 0 Å². The van der Waals surface area contributed by atoms with Crippen molar-refractivity contribution in [1.82, 2.24) is 9.97 Å². The molecule has 0 aromatic carbocycles. The van der Waals surface area contributed by atoms with Crippen LogP contribution in [0.2, 0.25) is 0 Å². The normalized spacial score (nSPS) is 21.7. The van der Waals surface area contributed by atoms with Crippen LogP contribution >= 0.6 is 0 Å². The van der Waals surface area contributed by atoms with Crippen molar-refractivity contribution in [3.63, 3.8) is 0 Å². The van der Waals surface area contributed by atoms with E-state index in [0.717, 1.165) is 43.9 Å². The summed E-state index contributed by atoms with van der Waals surface area (Å²) in [6.45, 7) is 6.84. The van der Waals surface area contributed by atoms with Gasteiger partial charge in [0.15, 0.2) is 0 Å². The predicted octanol–water partition coefficient (Wildman–Crippen LogP) is 2.70. The summed E-state index contributed by atoms with van der Waals surface area (Å²) in [7, 11) is 0. The summed E-state index contributed by atoms with van der Waals surface area (Å²) in [4.78, 5) is 14.0. The van der Waals surface area contributed by atoms with Crippen molar-refractivity contribution in [1.29, 1.82) is 0 Å². The SMILES string of the molecule is CC1CCN(c2ccnc(N3CCCCC3)n2)CC1. The van der Waals surface area contributed by atoms with Crippen molar-refractivity contribution >= 4 is 11.8 Å². The second-order valence-corrected chi connectivity index (χ2v) is 5.93. The molecule has 19 heavy (non-hydrogen) atoms. The summed E-state index contributed by atoms with van der Waals surface area (Å²) >= 11 is 0. The van der Waals surface area contributed by atoms with Crippen molar-refractivity contribution < 1.29 is 0 Å². The third kappa shape index (κ3) is 2.99. The molecule has 3 heterocycles. The van der Waals surface area contributed by atoms with E-state index in [9.17, 15) is 0 Å². The third-order valence-electron chi connectivity index (χ3n) is 4.37. The van der Waals surface area contributed by atoms with Gasteiger partial charge in [0.05, 0.1) is 0 Å². The highest BCUT2D eigenvalue weighted by Gasteiger charge is 2.19. The van der Waals surface area contributed by atoms with Crippen LogP contribution in [0.5, 0.6) is 0 Å². The average molecular weight is 260 g/mol. The smallest absolute Gasteiger partial charge is 0.227 e. The Morgan fingerprint density at radius 2 is 1.74 bits per heavy atom.